The highest BCUT2D eigenvalue weighted by atomic mass is 16.2. The van der Waals surface area contributed by atoms with Gasteiger partial charge in [0.1, 0.15) is 6.04 Å². The lowest BCUT2D eigenvalue weighted by molar-refractivity contribution is -0.128. The van der Waals surface area contributed by atoms with Gasteiger partial charge in [-0.05, 0) is 25.5 Å². The second-order valence-electron chi connectivity index (χ2n) is 5.78. The molecule has 3 N–H and O–H groups in total. The summed E-state index contributed by atoms with van der Waals surface area (Å²) < 4.78 is 0. The molecule has 0 aromatic heterocycles. The van der Waals surface area contributed by atoms with Crippen molar-refractivity contribution in [2.24, 2.45) is 0 Å². The molecule has 1 unspecified atom stereocenters. The lowest BCUT2D eigenvalue weighted by Gasteiger charge is -2.20. The SMILES string of the molecule is CCCC(NC(=O)Cc1ccccc1)C(=O)NC[C@@H](C)NCC. The summed E-state index contributed by atoms with van der Waals surface area (Å²) >= 11 is 0. The van der Waals surface area contributed by atoms with Gasteiger partial charge in [-0.3, -0.25) is 9.59 Å². The van der Waals surface area contributed by atoms with Crippen molar-refractivity contribution in [1.82, 2.24) is 16.0 Å². The highest BCUT2D eigenvalue weighted by Gasteiger charge is 2.20. The first-order valence-electron chi connectivity index (χ1n) is 8.41. The molecule has 1 rings (SSSR count). The van der Waals surface area contributed by atoms with E-state index in [0.717, 1.165) is 18.5 Å². The van der Waals surface area contributed by atoms with Gasteiger partial charge in [-0.2, -0.15) is 0 Å². The number of hydrogen-bond donors (Lipinski definition) is 3. The van der Waals surface area contributed by atoms with Crippen LogP contribution in [0.25, 0.3) is 0 Å². The van der Waals surface area contributed by atoms with Gasteiger partial charge in [0.2, 0.25) is 11.8 Å². The molecule has 0 saturated carbocycles. The Morgan fingerprint density at radius 1 is 1.13 bits per heavy atom. The molecule has 128 valence electrons. The average Bonchev–Trinajstić information content (AvgIpc) is 2.53. The molecule has 0 saturated heterocycles. The Bertz CT molecular complexity index is 476. The Kier molecular flexibility index (Phi) is 8.98. The zero-order valence-corrected chi connectivity index (χ0v) is 14.4. The van der Waals surface area contributed by atoms with Crippen molar-refractivity contribution in [3.8, 4) is 0 Å². The lowest BCUT2D eigenvalue weighted by atomic mass is 10.1. The number of hydrogen-bond acceptors (Lipinski definition) is 3. The number of benzene rings is 1. The zero-order valence-electron chi connectivity index (χ0n) is 14.4. The third-order valence-electron chi connectivity index (χ3n) is 3.57. The minimum Gasteiger partial charge on any atom is -0.353 e. The normalized spacial score (nSPS) is 13.2. The van der Waals surface area contributed by atoms with E-state index in [9.17, 15) is 9.59 Å². The van der Waals surface area contributed by atoms with E-state index in [0.29, 0.717) is 19.4 Å². The summed E-state index contributed by atoms with van der Waals surface area (Å²) in [6.07, 6.45) is 1.77. The summed E-state index contributed by atoms with van der Waals surface area (Å²) in [6, 6.07) is 9.29. The van der Waals surface area contributed by atoms with E-state index in [1.54, 1.807) is 0 Å². The summed E-state index contributed by atoms with van der Waals surface area (Å²) in [5.41, 5.74) is 0.946. The molecule has 0 aliphatic heterocycles. The monoisotopic (exact) mass is 319 g/mol. The van der Waals surface area contributed by atoms with Crippen LogP contribution in [0.4, 0.5) is 0 Å². The Labute approximate surface area is 139 Å². The number of likely N-dealkylation sites (N-methyl/N-ethyl adjacent to an activating group) is 1. The number of nitrogens with one attached hydrogen (secondary N) is 3. The molecule has 23 heavy (non-hydrogen) atoms. The fraction of sp³-hybridized carbons (Fsp3) is 0.556. The Hall–Kier alpha value is -1.88. The van der Waals surface area contributed by atoms with E-state index in [1.165, 1.54) is 0 Å². The van der Waals surface area contributed by atoms with Gasteiger partial charge in [0.15, 0.2) is 0 Å². The van der Waals surface area contributed by atoms with Gasteiger partial charge < -0.3 is 16.0 Å². The molecule has 0 spiro atoms. The number of amides is 2. The highest BCUT2D eigenvalue weighted by molar-refractivity contribution is 5.88. The second-order valence-corrected chi connectivity index (χ2v) is 5.78. The maximum absolute atomic E-state index is 12.3. The molecule has 2 amide bonds. The molecule has 0 aliphatic carbocycles. The molecule has 0 aliphatic rings. The van der Waals surface area contributed by atoms with Crippen LogP contribution in [0.3, 0.4) is 0 Å². The van der Waals surface area contributed by atoms with Gasteiger partial charge in [0, 0.05) is 12.6 Å². The third-order valence-corrected chi connectivity index (χ3v) is 3.57. The van der Waals surface area contributed by atoms with Crippen LogP contribution in [-0.2, 0) is 16.0 Å². The molecule has 0 heterocycles. The van der Waals surface area contributed by atoms with Gasteiger partial charge >= 0.3 is 0 Å². The van der Waals surface area contributed by atoms with Crippen LogP contribution >= 0.6 is 0 Å². The maximum atomic E-state index is 12.3. The molecular weight excluding hydrogens is 290 g/mol. The number of rotatable bonds is 10. The van der Waals surface area contributed by atoms with Crippen LogP contribution in [-0.4, -0.2) is 37.0 Å². The topological polar surface area (TPSA) is 70.2 Å². The summed E-state index contributed by atoms with van der Waals surface area (Å²) in [7, 11) is 0. The van der Waals surface area contributed by atoms with Crippen molar-refractivity contribution in [1.29, 1.82) is 0 Å². The quantitative estimate of drug-likeness (QED) is 0.614. The summed E-state index contributed by atoms with van der Waals surface area (Å²) in [4.78, 5) is 24.4. The fourth-order valence-electron chi connectivity index (χ4n) is 2.38. The predicted molar refractivity (Wildman–Crippen MR) is 93.1 cm³/mol. The first-order valence-corrected chi connectivity index (χ1v) is 8.41. The van der Waals surface area contributed by atoms with Gasteiger partial charge in [-0.15, -0.1) is 0 Å². The van der Waals surface area contributed by atoms with Crippen molar-refractivity contribution < 1.29 is 9.59 Å². The first-order chi connectivity index (χ1) is 11.1. The minimum absolute atomic E-state index is 0.113. The molecule has 2 atom stereocenters. The molecule has 0 bridgehead atoms. The molecule has 5 heteroatoms. The van der Waals surface area contributed by atoms with Crippen LogP contribution in [0.15, 0.2) is 30.3 Å². The van der Waals surface area contributed by atoms with E-state index < -0.39 is 6.04 Å². The Morgan fingerprint density at radius 2 is 1.83 bits per heavy atom. The van der Waals surface area contributed by atoms with E-state index in [4.69, 9.17) is 0 Å². The zero-order chi connectivity index (χ0) is 17.1. The maximum Gasteiger partial charge on any atom is 0.242 e. The predicted octanol–water partition coefficient (Wildman–Crippen LogP) is 1.63. The van der Waals surface area contributed by atoms with Crippen molar-refractivity contribution in [3.05, 3.63) is 35.9 Å². The van der Waals surface area contributed by atoms with Crippen molar-refractivity contribution in [2.75, 3.05) is 13.1 Å². The second kappa shape index (κ2) is 10.8. The Balaban J connectivity index is 2.49. The van der Waals surface area contributed by atoms with E-state index in [1.807, 2.05) is 51.1 Å². The van der Waals surface area contributed by atoms with Crippen LogP contribution in [0.2, 0.25) is 0 Å². The first kappa shape index (κ1) is 19.2. The molecule has 0 fully saturated rings. The minimum atomic E-state index is -0.468. The number of carbonyl (C=O) groups excluding carboxylic acids is 2. The van der Waals surface area contributed by atoms with Crippen molar-refractivity contribution >= 4 is 11.8 Å². The average molecular weight is 319 g/mol. The van der Waals surface area contributed by atoms with Gasteiger partial charge in [0.05, 0.1) is 6.42 Å². The summed E-state index contributed by atoms with van der Waals surface area (Å²) in [5.74, 6) is -0.234. The van der Waals surface area contributed by atoms with Gasteiger partial charge in [-0.25, -0.2) is 0 Å². The van der Waals surface area contributed by atoms with Crippen molar-refractivity contribution in [3.63, 3.8) is 0 Å². The highest BCUT2D eigenvalue weighted by Crippen LogP contribution is 2.02. The Morgan fingerprint density at radius 3 is 2.43 bits per heavy atom. The lowest BCUT2D eigenvalue weighted by Crippen LogP contribution is -2.49. The smallest absolute Gasteiger partial charge is 0.242 e. The van der Waals surface area contributed by atoms with Crippen LogP contribution < -0.4 is 16.0 Å². The molecule has 1 aromatic rings. The van der Waals surface area contributed by atoms with E-state index >= 15 is 0 Å². The largest absolute Gasteiger partial charge is 0.353 e. The number of carbonyl (C=O) groups is 2. The fourth-order valence-corrected chi connectivity index (χ4v) is 2.38. The summed E-state index contributed by atoms with van der Waals surface area (Å²) in [6.45, 7) is 7.48. The summed E-state index contributed by atoms with van der Waals surface area (Å²) in [5, 5.41) is 9.00. The molecule has 0 radical (unpaired) electrons. The van der Waals surface area contributed by atoms with Gasteiger partial charge in [-0.1, -0.05) is 50.6 Å². The molecule has 1 aromatic carbocycles. The standard InChI is InChI=1S/C18H29N3O2/c1-4-9-16(18(23)20-13-14(3)19-5-2)21-17(22)12-15-10-7-6-8-11-15/h6-8,10-11,14,16,19H,4-5,9,12-13H2,1-3H3,(H,20,23)(H,21,22)/t14-,16?/m1/s1. The van der Waals surface area contributed by atoms with E-state index in [-0.39, 0.29) is 17.9 Å². The third kappa shape index (κ3) is 7.79. The van der Waals surface area contributed by atoms with Crippen molar-refractivity contribution in [2.45, 2.75) is 52.1 Å². The van der Waals surface area contributed by atoms with Gasteiger partial charge in [0.25, 0.3) is 0 Å². The van der Waals surface area contributed by atoms with Crippen LogP contribution in [0.5, 0.6) is 0 Å². The van der Waals surface area contributed by atoms with Crippen LogP contribution in [0.1, 0.15) is 39.2 Å². The molecular formula is C18H29N3O2. The molecule has 5 nitrogen and oxygen atoms in total. The van der Waals surface area contributed by atoms with Crippen LogP contribution in [0, 0.1) is 0 Å². The van der Waals surface area contributed by atoms with E-state index in [2.05, 4.69) is 16.0 Å².